The van der Waals surface area contributed by atoms with E-state index in [1.54, 1.807) is 23.1 Å². The molecule has 2 heterocycles. The van der Waals surface area contributed by atoms with Crippen LogP contribution in [-0.4, -0.2) is 41.5 Å². The van der Waals surface area contributed by atoms with Crippen LogP contribution in [0.1, 0.15) is 41.1 Å². The number of carbonyl (C=O) groups excluding carboxylic acids is 2. The summed E-state index contributed by atoms with van der Waals surface area (Å²) in [4.78, 5) is 31.2. The van der Waals surface area contributed by atoms with Crippen LogP contribution in [0.5, 0.6) is 0 Å². The molecular weight excluding hydrogens is 356 g/mol. The highest BCUT2D eigenvalue weighted by Gasteiger charge is 2.33. The van der Waals surface area contributed by atoms with Crippen molar-refractivity contribution in [3.63, 3.8) is 0 Å². The Kier molecular flexibility index (Phi) is 5.10. The van der Waals surface area contributed by atoms with Crippen molar-refractivity contribution >= 4 is 23.0 Å². The quantitative estimate of drug-likeness (QED) is 0.649. The number of amides is 1. The largest absolute Gasteiger partial charge is 0.467 e. The van der Waals surface area contributed by atoms with Crippen LogP contribution in [0.2, 0.25) is 0 Å². The van der Waals surface area contributed by atoms with Crippen molar-refractivity contribution in [2.75, 3.05) is 13.7 Å². The van der Waals surface area contributed by atoms with Crippen LogP contribution in [0, 0.1) is 0 Å². The van der Waals surface area contributed by atoms with Gasteiger partial charge in [0.25, 0.3) is 5.91 Å². The minimum absolute atomic E-state index is 0.176. The van der Waals surface area contributed by atoms with E-state index in [1.165, 1.54) is 7.11 Å². The monoisotopic (exact) mass is 378 g/mol. The number of nitrogens with zero attached hydrogens (tertiary/aromatic N) is 2. The van der Waals surface area contributed by atoms with Crippen molar-refractivity contribution in [2.24, 2.45) is 0 Å². The molecule has 2 aromatic carbocycles. The first kappa shape index (κ1) is 18.2. The smallest absolute Gasteiger partial charge is 0.328 e. The molecule has 0 saturated carbocycles. The normalized spacial score (nSPS) is 16.9. The van der Waals surface area contributed by atoms with Gasteiger partial charge in [0.2, 0.25) is 0 Å². The van der Waals surface area contributed by atoms with Gasteiger partial charge in [0.15, 0.2) is 11.5 Å². The van der Waals surface area contributed by atoms with Crippen LogP contribution in [0.4, 0.5) is 0 Å². The van der Waals surface area contributed by atoms with Gasteiger partial charge in [0, 0.05) is 18.5 Å². The third-order valence-electron chi connectivity index (χ3n) is 5.11. The van der Waals surface area contributed by atoms with Gasteiger partial charge >= 0.3 is 5.97 Å². The number of carbonyl (C=O) groups is 2. The minimum Gasteiger partial charge on any atom is -0.467 e. The maximum absolute atomic E-state index is 13.0. The van der Waals surface area contributed by atoms with Gasteiger partial charge in [-0.15, -0.1) is 0 Å². The third kappa shape index (κ3) is 3.63. The summed E-state index contributed by atoms with van der Waals surface area (Å²) in [5.41, 5.74) is 2.90. The fraction of sp³-hybridized carbons (Fsp3) is 0.318. The summed E-state index contributed by atoms with van der Waals surface area (Å²) in [7, 11) is 1.36. The molecule has 6 nitrogen and oxygen atoms in total. The van der Waals surface area contributed by atoms with Crippen molar-refractivity contribution in [3.8, 4) is 0 Å². The molecule has 1 saturated heterocycles. The topological polar surface area (TPSA) is 72.6 Å². The van der Waals surface area contributed by atoms with Gasteiger partial charge in [-0.2, -0.15) is 0 Å². The van der Waals surface area contributed by atoms with Crippen LogP contribution >= 0.6 is 0 Å². The summed E-state index contributed by atoms with van der Waals surface area (Å²) < 4.78 is 10.7. The summed E-state index contributed by atoms with van der Waals surface area (Å²) in [6, 6.07) is 14.7. The predicted octanol–water partition coefficient (Wildman–Crippen LogP) is 3.59. The minimum atomic E-state index is -0.520. The summed E-state index contributed by atoms with van der Waals surface area (Å²) in [6.45, 7) is 0.550. The zero-order chi connectivity index (χ0) is 19.5. The van der Waals surface area contributed by atoms with Gasteiger partial charge in [-0.25, -0.2) is 9.78 Å². The van der Waals surface area contributed by atoms with Gasteiger partial charge in [-0.1, -0.05) is 30.3 Å². The van der Waals surface area contributed by atoms with E-state index in [9.17, 15) is 9.59 Å². The molecule has 1 aliphatic heterocycles. The van der Waals surface area contributed by atoms with E-state index >= 15 is 0 Å². The summed E-state index contributed by atoms with van der Waals surface area (Å²) in [6.07, 6.45) is 3.02. The van der Waals surface area contributed by atoms with Gasteiger partial charge in [-0.05, 0) is 43.0 Å². The molecule has 1 fully saturated rings. The van der Waals surface area contributed by atoms with E-state index in [4.69, 9.17) is 9.15 Å². The predicted molar refractivity (Wildman–Crippen MR) is 104 cm³/mol. The third-order valence-corrected chi connectivity index (χ3v) is 5.11. The van der Waals surface area contributed by atoms with Crippen molar-refractivity contribution in [3.05, 3.63) is 65.5 Å². The van der Waals surface area contributed by atoms with Crippen LogP contribution in [-0.2, 0) is 16.0 Å². The van der Waals surface area contributed by atoms with E-state index in [1.807, 2.05) is 30.3 Å². The number of methoxy groups -OCH3 is 1. The number of hydrogen-bond donors (Lipinski definition) is 0. The highest BCUT2D eigenvalue weighted by Crippen LogP contribution is 2.24. The standard InChI is InChI=1S/C22H22N2O4/c1-27-22(26)18-9-5-6-12-24(18)21(25)16-10-11-19-17(14-16)23-20(28-19)13-15-7-3-2-4-8-15/h2-4,7-8,10-11,14,18H,5-6,9,12-13H2,1H3/t18-/m1/s1. The average molecular weight is 378 g/mol. The lowest BCUT2D eigenvalue weighted by molar-refractivity contribution is -0.147. The SMILES string of the molecule is COC(=O)[C@H]1CCCCN1C(=O)c1ccc2oc(Cc3ccccc3)nc2c1. The van der Waals surface area contributed by atoms with Crippen LogP contribution in [0.25, 0.3) is 11.1 Å². The lowest BCUT2D eigenvalue weighted by Gasteiger charge is -2.33. The Labute approximate surface area is 163 Å². The first-order valence-corrected chi connectivity index (χ1v) is 9.48. The molecule has 1 amide bonds. The zero-order valence-electron chi connectivity index (χ0n) is 15.8. The van der Waals surface area contributed by atoms with E-state index < -0.39 is 6.04 Å². The molecule has 28 heavy (non-hydrogen) atoms. The molecule has 3 aromatic rings. The first-order valence-electron chi connectivity index (χ1n) is 9.48. The van der Waals surface area contributed by atoms with Crippen molar-refractivity contribution in [1.29, 1.82) is 0 Å². The Morgan fingerprint density at radius 2 is 2.00 bits per heavy atom. The molecule has 1 aromatic heterocycles. The fourth-order valence-corrected chi connectivity index (χ4v) is 3.68. The number of hydrogen-bond acceptors (Lipinski definition) is 5. The molecule has 1 aliphatic rings. The lowest BCUT2D eigenvalue weighted by atomic mass is 10.0. The summed E-state index contributed by atoms with van der Waals surface area (Å²) in [5, 5.41) is 0. The number of oxazole rings is 1. The van der Waals surface area contributed by atoms with Crippen LogP contribution < -0.4 is 0 Å². The number of fused-ring (bicyclic) bond motifs is 1. The Balaban J connectivity index is 1.58. The van der Waals surface area contributed by atoms with Gasteiger partial charge < -0.3 is 14.1 Å². The maximum Gasteiger partial charge on any atom is 0.328 e. The number of rotatable bonds is 4. The summed E-state index contributed by atoms with van der Waals surface area (Å²) >= 11 is 0. The second-order valence-corrected chi connectivity index (χ2v) is 6.99. The first-order chi connectivity index (χ1) is 13.7. The molecule has 0 aliphatic carbocycles. The molecule has 0 N–H and O–H groups in total. The Bertz CT molecular complexity index is 996. The van der Waals surface area contributed by atoms with E-state index in [0.29, 0.717) is 41.9 Å². The molecule has 0 unspecified atom stereocenters. The van der Waals surface area contributed by atoms with Crippen LogP contribution in [0.3, 0.4) is 0 Å². The van der Waals surface area contributed by atoms with E-state index in [-0.39, 0.29) is 11.9 Å². The number of benzene rings is 2. The molecular formula is C22H22N2O4. The van der Waals surface area contributed by atoms with Crippen molar-refractivity contribution < 1.29 is 18.7 Å². The van der Waals surface area contributed by atoms with Crippen LogP contribution in [0.15, 0.2) is 52.9 Å². The number of aromatic nitrogens is 1. The molecule has 6 heteroatoms. The fourth-order valence-electron chi connectivity index (χ4n) is 3.68. The maximum atomic E-state index is 13.0. The van der Waals surface area contributed by atoms with Gasteiger partial charge in [0.05, 0.1) is 7.11 Å². The molecule has 0 radical (unpaired) electrons. The Morgan fingerprint density at radius 1 is 1.18 bits per heavy atom. The highest BCUT2D eigenvalue weighted by molar-refractivity contribution is 5.99. The number of piperidine rings is 1. The number of ether oxygens (including phenoxy) is 1. The second-order valence-electron chi connectivity index (χ2n) is 6.99. The molecule has 144 valence electrons. The molecule has 4 rings (SSSR count). The van der Waals surface area contributed by atoms with Gasteiger partial charge in [0.1, 0.15) is 11.6 Å². The van der Waals surface area contributed by atoms with Crippen molar-refractivity contribution in [2.45, 2.75) is 31.7 Å². The average Bonchev–Trinajstić information content (AvgIpc) is 3.14. The number of likely N-dealkylation sites (tertiary alicyclic amines) is 1. The number of esters is 1. The molecule has 0 bridgehead atoms. The zero-order valence-corrected chi connectivity index (χ0v) is 15.8. The molecule has 1 atom stereocenters. The highest BCUT2D eigenvalue weighted by atomic mass is 16.5. The summed E-state index contributed by atoms with van der Waals surface area (Å²) in [5.74, 6) is 0.0709. The van der Waals surface area contributed by atoms with E-state index in [2.05, 4.69) is 4.98 Å². The molecule has 0 spiro atoms. The lowest BCUT2D eigenvalue weighted by Crippen LogP contribution is -2.48. The Hall–Kier alpha value is -3.15. The van der Waals surface area contributed by atoms with Gasteiger partial charge in [-0.3, -0.25) is 4.79 Å². The van der Waals surface area contributed by atoms with Crippen molar-refractivity contribution in [1.82, 2.24) is 9.88 Å². The van der Waals surface area contributed by atoms with E-state index in [0.717, 1.165) is 18.4 Å². The Morgan fingerprint density at radius 3 is 2.79 bits per heavy atom. The second kappa shape index (κ2) is 7.84.